The van der Waals surface area contributed by atoms with Gasteiger partial charge >= 0.3 is 0 Å². The molecule has 0 radical (unpaired) electrons. The molecule has 1 amide bonds. The molecule has 140 valence electrons. The molecule has 1 aromatic heterocycles. The molecule has 1 atom stereocenters. The van der Waals surface area contributed by atoms with Crippen molar-refractivity contribution < 1.29 is 4.79 Å². The highest BCUT2D eigenvalue weighted by Gasteiger charge is 2.26. The summed E-state index contributed by atoms with van der Waals surface area (Å²) < 4.78 is 0. The second kappa shape index (κ2) is 11.6. The third-order valence-corrected chi connectivity index (χ3v) is 4.05. The molecular formula is C20H34N4O. The topological polar surface area (TPSA) is 61.9 Å². The van der Waals surface area contributed by atoms with E-state index < -0.39 is 0 Å². The molecule has 25 heavy (non-hydrogen) atoms. The fraction of sp³-hybridized carbons (Fsp3) is 0.650. The molecule has 0 fully saturated rings. The molecule has 0 bridgehead atoms. The van der Waals surface area contributed by atoms with Gasteiger partial charge in [0.05, 0.1) is 6.54 Å². The Hall–Kier alpha value is -1.91. The van der Waals surface area contributed by atoms with E-state index >= 15 is 0 Å². The van der Waals surface area contributed by atoms with Gasteiger partial charge in [0.1, 0.15) is 12.2 Å². The van der Waals surface area contributed by atoms with Crippen LogP contribution in [0.4, 0.5) is 0 Å². The molecule has 1 heterocycles. The Balaban J connectivity index is 2.96. The maximum absolute atomic E-state index is 13.3. The summed E-state index contributed by atoms with van der Waals surface area (Å²) >= 11 is 0. The van der Waals surface area contributed by atoms with Crippen molar-refractivity contribution in [3.05, 3.63) is 36.0 Å². The Kier molecular flexibility index (Phi) is 9.81. The van der Waals surface area contributed by atoms with Gasteiger partial charge in [0, 0.05) is 12.5 Å². The van der Waals surface area contributed by atoms with Gasteiger partial charge in [-0.3, -0.25) is 9.89 Å². The Bertz CT molecular complexity index is 546. The number of aromatic amines is 1. The number of amides is 1. The van der Waals surface area contributed by atoms with Crippen molar-refractivity contribution in [2.75, 3.05) is 6.54 Å². The summed E-state index contributed by atoms with van der Waals surface area (Å²) in [5, 5.41) is 6.76. The molecule has 1 unspecified atom stereocenters. The van der Waals surface area contributed by atoms with Crippen LogP contribution in [-0.2, 0) is 11.3 Å². The number of allylic oxidation sites excluding steroid dienone is 4. The molecule has 0 aromatic carbocycles. The largest absolute Gasteiger partial charge is 0.335 e. The van der Waals surface area contributed by atoms with Crippen LogP contribution in [0.25, 0.3) is 0 Å². The fourth-order valence-corrected chi connectivity index (χ4v) is 3.10. The van der Waals surface area contributed by atoms with E-state index in [2.05, 4.69) is 61.1 Å². The zero-order valence-electron chi connectivity index (χ0n) is 16.5. The highest BCUT2D eigenvalue weighted by Crippen LogP contribution is 2.24. The van der Waals surface area contributed by atoms with E-state index in [1.807, 2.05) is 11.8 Å². The Morgan fingerprint density at radius 3 is 2.64 bits per heavy atom. The molecule has 0 saturated heterocycles. The van der Waals surface area contributed by atoms with E-state index in [1.54, 1.807) is 0 Å². The zero-order valence-corrected chi connectivity index (χ0v) is 16.5. The van der Waals surface area contributed by atoms with E-state index in [0.29, 0.717) is 12.5 Å². The summed E-state index contributed by atoms with van der Waals surface area (Å²) in [7, 11) is 0. The van der Waals surface area contributed by atoms with Gasteiger partial charge in [-0.25, -0.2) is 4.98 Å². The second-order valence-corrected chi connectivity index (χ2v) is 6.91. The molecule has 0 aliphatic heterocycles. The third kappa shape index (κ3) is 7.67. The summed E-state index contributed by atoms with van der Waals surface area (Å²) in [6.07, 6.45) is 11.5. The van der Waals surface area contributed by atoms with E-state index in [1.165, 1.54) is 11.9 Å². The van der Waals surface area contributed by atoms with Gasteiger partial charge in [-0.15, -0.1) is 0 Å². The smallest absolute Gasteiger partial charge is 0.226 e. The van der Waals surface area contributed by atoms with E-state index in [0.717, 1.165) is 38.1 Å². The van der Waals surface area contributed by atoms with Crippen LogP contribution in [0, 0.1) is 11.8 Å². The molecule has 5 nitrogen and oxygen atoms in total. The van der Waals surface area contributed by atoms with E-state index in [9.17, 15) is 4.79 Å². The van der Waals surface area contributed by atoms with Crippen molar-refractivity contribution in [2.24, 2.45) is 11.8 Å². The number of aromatic nitrogens is 3. The van der Waals surface area contributed by atoms with Crippen LogP contribution in [-0.4, -0.2) is 32.5 Å². The molecule has 1 N–H and O–H groups in total. The van der Waals surface area contributed by atoms with Gasteiger partial charge < -0.3 is 4.90 Å². The Morgan fingerprint density at radius 2 is 2.12 bits per heavy atom. The Labute approximate surface area is 152 Å². The van der Waals surface area contributed by atoms with Crippen LogP contribution in [0.15, 0.2) is 30.1 Å². The molecule has 0 aliphatic rings. The van der Waals surface area contributed by atoms with Crippen molar-refractivity contribution in [1.29, 1.82) is 0 Å². The lowest BCUT2D eigenvalue weighted by molar-refractivity contribution is -0.136. The highest BCUT2D eigenvalue weighted by molar-refractivity contribution is 5.79. The van der Waals surface area contributed by atoms with Crippen LogP contribution in [0.1, 0.15) is 66.1 Å². The van der Waals surface area contributed by atoms with Gasteiger partial charge in [-0.1, -0.05) is 51.5 Å². The number of nitrogens with one attached hydrogen (secondary N) is 1. The molecule has 0 saturated carbocycles. The van der Waals surface area contributed by atoms with Crippen LogP contribution < -0.4 is 0 Å². The van der Waals surface area contributed by atoms with Crippen molar-refractivity contribution in [1.82, 2.24) is 20.1 Å². The lowest BCUT2D eigenvalue weighted by Crippen LogP contribution is -2.37. The highest BCUT2D eigenvalue weighted by atomic mass is 16.2. The minimum absolute atomic E-state index is 0.00321. The number of rotatable bonds is 11. The number of H-pyrrole nitrogens is 1. The van der Waals surface area contributed by atoms with Crippen LogP contribution >= 0.6 is 0 Å². The van der Waals surface area contributed by atoms with Gasteiger partial charge in [-0.2, -0.15) is 5.10 Å². The number of carbonyl (C=O) groups excluding carboxylic acids is 1. The number of hydrogen-bond donors (Lipinski definition) is 1. The SMILES string of the molecule is C/C=C\C(=C/CC)CC(CC(C)C)C(=O)N(CCC)Cc1ncn[nH]1. The predicted molar refractivity (Wildman–Crippen MR) is 103 cm³/mol. The standard InChI is InChI=1S/C20H34N4O/c1-6-9-17(10-7-2)13-18(12-16(4)5)20(25)24(11-8-3)14-19-21-15-22-23-19/h6,9-10,15-16,18H,7-8,11-14H2,1-5H3,(H,21,22,23)/b9-6-,17-10+. The maximum atomic E-state index is 13.3. The first-order chi connectivity index (χ1) is 12.0. The molecule has 1 aromatic rings. The van der Waals surface area contributed by atoms with E-state index in [-0.39, 0.29) is 11.8 Å². The first-order valence-corrected chi connectivity index (χ1v) is 9.46. The fourth-order valence-electron chi connectivity index (χ4n) is 3.10. The van der Waals surface area contributed by atoms with Crippen LogP contribution in [0.3, 0.4) is 0 Å². The van der Waals surface area contributed by atoms with Gasteiger partial charge in [0.2, 0.25) is 5.91 Å². The van der Waals surface area contributed by atoms with Gasteiger partial charge in [-0.05, 0) is 38.5 Å². The summed E-state index contributed by atoms with van der Waals surface area (Å²) in [4.78, 5) is 19.4. The quantitative estimate of drug-likeness (QED) is 0.600. The predicted octanol–water partition coefficient (Wildman–Crippen LogP) is 4.51. The molecule has 1 rings (SSSR count). The first-order valence-electron chi connectivity index (χ1n) is 9.46. The second-order valence-electron chi connectivity index (χ2n) is 6.91. The number of nitrogens with zero attached hydrogens (tertiary/aromatic N) is 3. The van der Waals surface area contributed by atoms with Crippen LogP contribution in [0.2, 0.25) is 0 Å². The van der Waals surface area contributed by atoms with E-state index in [4.69, 9.17) is 0 Å². The summed E-state index contributed by atoms with van der Waals surface area (Å²) in [5.74, 6) is 1.45. The summed E-state index contributed by atoms with van der Waals surface area (Å²) in [6, 6.07) is 0. The van der Waals surface area contributed by atoms with Crippen molar-refractivity contribution in [3.8, 4) is 0 Å². The molecule has 0 aliphatic carbocycles. The van der Waals surface area contributed by atoms with Crippen LogP contribution in [0.5, 0.6) is 0 Å². The average Bonchev–Trinajstić information content (AvgIpc) is 3.06. The third-order valence-electron chi connectivity index (χ3n) is 4.05. The minimum Gasteiger partial charge on any atom is -0.335 e. The van der Waals surface area contributed by atoms with Crippen molar-refractivity contribution in [3.63, 3.8) is 0 Å². The van der Waals surface area contributed by atoms with Crippen molar-refractivity contribution >= 4 is 5.91 Å². The lowest BCUT2D eigenvalue weighted by atomic mass is 9.89. The summed E-state index contributed by atoms with van der Waals surface area (Å²) in [5.41, 5.74) is 1.25. The lowest BCUT2D eigenvalue weighted by Gasteiger charge is -2.28. The minimum atomic E-state index is 0.00321. The van der Waals surface area contributed by atoms with Gasteiger partial charge in [0.15, 0.2) is 0 Å². The number of carbonyl (C=O) groups is 1. The first kappa shape index (κ1) is 21.1. The summed E-state index contributed by atoms with van der Waals surface area (Å²) in [6.45, 7) is 11.9. The maximum Gasteiger partial charge on any atom is 0.226 e. The molecular weight excluding hydrogens is 312 g/mol. The van der Waals surface area contributed by atoms with Gasteiger partial charge in [0.25, 0.3) is 0 Å². The number of hydrogen-bond acceptors (Lipinski definition) is 3. The molecule has 5 heteroatoms. The van der Waals surface area contributed by atoms with Crippen molar-refractivity contribution in [2.45, 2.75) is 66.8 Å². The average molecular weight is 347 g/mol. The monoisotopic (exact) mass is 346 g/mol. The zero-order chi connectivity index (χ0) is 18.7. The normalized spacial score (nSPS) is 13.6. The Morgan fingerprint density at radius 1 is 1.36 bits per heavy atom. The molecule has 0 spiro atoms.